The van der Waals surface area contributed by atoms with Crippen molar-refractivity contribution in [2.24, 2.45) is 0 Å². The van der Waals surface area contributed by atoms with Crippen LogP contribution in [0.3, 0.4) is 0 Å². The molecule has 20 heavy (non-hydrogen) atoms. The number of methoxy groups -OCH3 is 2. The van der Waals surface area contributed by atoms with E-state index in [1.165, 1.54) is 12.8 Å². The molecule has 0 N–H and O–H groups in total. The molecule has 1 fully saturated rings. The molecule has 1 aliphatic rings. The number of rotatable bonds is 4. The molecule has 2 aromatic rings. The lowest BCUT2D eigenvalue weighted by Crippen LogP contribution is -1.98. The summed E-state index contributed by atoms with van der Waals surface area (Å²) in [5.74, 6) is 2.38. The van der Waals surface area contributed by atoms with Crippen molar-refractivity contribution in [2.45, 2.75) is 18.8 Å². The molecule has 1 aliphatic carbocycles. The largest absolute Gasteiger partial charge is 0.493 e. The normalized spacial score (nSPS) is 14.2. The molecule has 1 aromatic heterocycles. The summed E-state index contributed by atoms with van der Waals surface area (Å²) in [6, 6.07) is 7.48. The second kappa shape index (κ2) is 5.29. The van der Waals surface area contributed by atoms with Crippen LogP contribution in [0.15, 0.2) is 24.3 Å². The Balaban J connectivity index is 2.12. The van der Waals surface area contributed by atoms with E-state index in [1.54, 1.807) is 14.2 Å². The van der Waals surface area contributed by atoms with Crippen LogP contribution in [0.1, 0.15) is 24.5 Å². The first kappa shape index (κ1) is 13.2. The molecular weight excluding hydrogens is 276 g/mol. The van der Waals surface area contributed by atoms with Crippen LogP contribution in [0.4, 0.5) is 0 Å². The second-order valence-corrected chi connectivity index (χ2v) is 5.14. The summed E-state index contributed by atoms with van der Waals surface area (Å²) in [5.41, 5.74) is 1.79. The maximum Gasteiger partial charge on any atom is 0.171 e. The number of para-hydroxylation sites is 1. The zero-order chi connectivity index (χ0) is 14.1. The topological polar surface area (TPSA) is 44.2 Å². The monoisotopic (exact) mass is 290 g/mol. The molecule has 1 aromatic carbocycles. The van der Waals surface area contributed by atoms with Crippen molar-refractivity contribution >= 4 is 11.6 Å². The molecule has 0 aliphatic heterocycles. The average Bonchev–Trinajstić information content (AvgIpc) is 3.30. The van der Waals surface area contributed by atoms with Crippen LogP contribution in [0.2, 0.25) is 5.15 Å². The average molecular weight is 291 g/mol. The Morgan fingerprint density at radius 2 is 1.95 bits per heavy atom. The van der Waals surface area contributed by atoms with Gasteiger partial charge in [0.05, 0.1) is 19.8 Å². The summed E-state index contributed by atoms with van der Waals surface area (Å²) in [7, 11) is 3.21. The standard InChI is InChI=1S/C15H15ClN2O2/c1-19-12-5-3-4-10(14(12)20-2)15-17-11(9-6-7-9)8-13(16)18-15/h3-5,8-9H,6-7H2,1-2H3. The van der Waals surface area contributed by atoms with E-state index in [0.717, 1.165) is 11.3 Å². The van der Waals surface area contributed by atoms with E-state index in [2.05, 4.69) is 9.97 Å². The lowest BCUT2D eigenvalue weighted by atomic mass is 10.1. The predicted molar refractivity (Wildman–Crippen MR) is 77.6 cm³/mol. The molecule has 5 heteroatoms. The Morgan fingerprint density at radius 1 is 1.15 bits per heavy atom. The fourth-order valence-electron chi connectivity index (χ4n) is 2.21. The molecule has 0 saturated heterocycles. The van der Waals surface area contributed by atoms with Crippen molar-refractivity contribution in [3.63, 3.8) is 0 Å². The van der Waals surface area contributed by atoms with Gasteiger partial charge in [0.2, 0.25) is 0 Å². The van der Waals surface area contributed by atoms with Crippen molar-refractivity contribution in [2.75, 3.05) is 14.2 Å². The van der Waals surface area contributed by atoms with E-state index in [4.69, 9.17) is 21.1 Å². The summed E-state index contributed by atoms with van der Waals surface area (Å²) in [4.78, 5) is 8.94. The van der Waals surface area contributed by atoms with Crippen LogP contribution in [-0.2, 0) is 0 Å². The summed E-state index contributed by atoms with van der Waals surface area (Å²) < 4.78 is 10.7. The molecule has 1 saturated carbocycles. The first-order valence-corrected chi connectivity index (χ1v) is 6.86. The quantitative estimate of drug-likeness (QED) is 0.806. The van der Waals surface area contributed by atoms with Crippen LogP contribution in [0.5, 0.6) is 11.5 Å². The molecule has 0 amide bonds. The van der Waals surface area contributed by atoms with Gasteiger partial charge in [-0.3, -0.25) is 0 Å². The first-order valence-electron chi connectivity index (χ1n) is 6.48. The van der Waals surface area contributed by atoms with Crippen LogP contribution in [0, 0.1) is 0 Å². The van der Waals surface area contributed by atoms with Gasteiger partial charge in [-0.25, -0.2) is 9.97 Å². The smallest absolute Gasteiger partial charge is 0.171 e. The summed E-state index contributed by atoms with van der Waals surface area (Å²) in [6.07, 6.45) is 2.34. The molecule has 104 valence electrons. The highest BCUT2D eigenvalue weighted by Gasteiger charge is 2.26. The minimum atomic E-state index is 0.460. The molecule has 1 heterocycles. The molecule has 4 nitrogen and oxygen atoms in total. The van der Waals surface area contributed by atoms with Gasteiger partial charge < -0.3 is 9.47 Å². The number of ether oxygens (including phenoxy) is 2. The SMILES string of the molecule is COc1cccc(-c2nc(Cl)cc(C3CC3)n2)c1OC. The number of hydrogen-bond donors (Lipinski definition) is 0. The predicted octanol–water partition coefficient (Wildman–Crippen LogP) is 3.69. The number of halogens is 1. The third-order valence-corrected chi connectivity index (χ3v) is 3.55. The van der Waals surface area contributed by atoms with Crippen molar-refractivity contribution < 1.29 is 9.47 Å². The lowest BCUT2D eigenvalue weighted by Gasteiger charge is -2.12. The highest BCUT2D eigenvalue weighted by atomic mass is 35.5. The minimum Gasteiger partial charge on any atom is -0.493 e. The van der Waals surface area contributed by atoms with Gasteiger partial charge in [-0.1, -0.05) is 17.7 Å². The van der Waals surface area contributed by atoms with Gasteiger partial charge in [0.25, 0.3) is 0 Å². The summed E-state index contributed by atoms with van der Waals surface area (Å²) >= 11 is 6.12. The molecule has 0 bridgehead atoms. The van der Waals surface area contributed by atoms with Gasteiger partial charge in [0, 0.05) is 11.6 Å². The van der Waals surface area contributed by atoms with Gasteiger partial charge in [0.1, 0.15) is 5.15 Å². The maximum absolute atomic E-state index is 6.12. The van der Waals surface area contributed by atoms with E-state index < -0.39 is 0 Å². The Bertz CT molecular complexity index is 642. The van der Waals surface area contributed by atoms with E-state index in [-0.39, 0.29) is 0 Å². The third-order valence-electron chi connectivity index (χ3n) is 3.35. The van der Waals surface area contributed by atoms with Crippen LogP contribution in [-0.4, -0.2) is 24.2 Å². The first-order chi connectivity index (χ1) is 9.72. The number of nitrogens with zero attached hydrogens (tertiary/aromatic N) is 2. The lowest BCUT2D eigenvalue weighted by molar-refractivity contribution is 0.356. The van der Waals surface area contributed by atoms with Crippen LogP contribution < -0.4 is 9.47 Å². The van der Waals surface area contributed by atoms with E-state index in [1.807, 2.05) is 24.3 Å². The Hall–Kier alpha value is -1.81. The fraction of sp³-hybridized carbons (Fsp3) is 0.333. The number of hydrogen-bond acceptors (Lipinski definition) is 4. The van der Waals surface area contributed by atoms with Crippen LogP contribution in [0.25, 0.3) is 11.4 Å². The highest BCUT2D eigenvalue weighted by Crippen LogP contribution is 2.41. The Labute approximate surface area is 122 Å². The van der Waals surface area contributed by atoms with Crippen molar-refractivity contribution in [3.8, 4) is 22.9 Å². The van der Waals surface area contributed by atoms with E-state index >= 15 is 0 Å². The molecule has 0 spiro atoms. The van der Waals surface area contributed by atoms with Gasteiger partial charge in [-0.15, -0.1) is 0 Å². The fourth-order valence-corrected chi connectivity index (χ4v) is 2.40. The summed E-state index contributed by atoms with van der Waals surface area (Å²) in [5, 5.41) is 0.460. The number of aromatic nitrogens is 2. The second-order valence-electron chi connectivity index (χ2n) is 4.75. The van der Waals surface area contributed by atoms with E-state index in [9.17, 15) is 0 Å². The number of benzene rings is 1. The Kier molecular flexibility index (Phi) is 3.49. The van der Waals surface area contributed by atoms with E-state index in [0.29, 0.717) is 28.4 Å². The van der Waals surface area contributed by atoms with Crippen LogP contribution >= 0.6 is 11.6 Å². The van der Waals surface area contributed by atoms with Crippen molar-refractivity contribution in [3.05, 3.63) is 35.1 Å². The summed E-state index contributed by atoms with van der Waals surface area (Å²) in [6.45, 7) is 0. The Morgan fingerprint density at radius 3 is 2.60 bits per heavy atom. The van der Waals surface area contributed by atoms with Gasteiger partial charge in [-0.2, -0.15) is 0 Å². The van der Waals surface area contributed by atoms with Crippen molar-refractivity contribution in [1.82, 2.24) is 9.97 Å². The van der Waals surface area contributed by atoms with Crippen molar-refractivity contribution in [1.29, 1.82) is 0 Å². The molecule has 0 unspecified atom stereocenters. The van der Waals surface area contributed by atoms with Gasteiger partial charge in [-0.05, 0) is 31.0 Å². The van der Waals surface area contributed by atoms with Gasteiger partial charge >= 0.3 is 0 Å². The third kappa shape index (κ3) is 2.43. The highest BCUT2D eigenvalue weighted by molar-refractivity contribution is 6.29. The molecule has 0 atom stereocenters. The zero-order valence-electron chi connectivity index (χ0n) is 11.4. The van der Waals surface area contributed by atoms with Gasteiger partial charge in [0.15, 0.2) is 17.3 Å². The molecular formula is C15H15ClN2O2. The minimum absolute atomic E-state index is 0.460. The molecule has 0 radical (unpaired) electrons. The molecule has 3 rings (SSSR count). The maximum atomic E-state index is 6.12. The zero-order valence-corrected chi connectivity index (χ0v) is 12.1.